The van der Waals surface area contributed by atoms with Crippen molar-refractivity contribution >= 4 is 57.2 Å². The second kappa shape index (κ2) is 10.1. The Kier molecular flexibility index (Phi) is 6.82. The van der Waals surface area contributed by atoms with Crippen LogP contribution in [0.5, 0.6) is 0 Å². The number of hydrogen-bond acceptors (Lipinski definition) is 7. The normalized spacial score (nSPS) is 10.7. The van der Waals surface area contributed by atoms with Gasteiger partial charge in [0.15, 0.2) is 0 Å². The molecule has 0 fully saturated rings. The SMILES string of the molecule is C=CC(=O)Nc1cccc(Nc2nc(Nc3cnn(CCOC)c3)nc3ccc(Cl)cc23)c1. The van der Waals surface area contributed by atoms with Gasteiger partial charge in [-0.1, -0.05) is 24.2 Å². The van der Waals surface area contributed by atoms with Crippen LogP contribution in [0.4, 0.5) is 28.8 Å². The van der Waals surface area contributed by atoms with E-state index in [1.807, 2.05) is 24.4 Å². The third-order valence-corrected chi connectivity index (χ3v) is 4.89. The summed E-state index contributed by atoms with van der Waals surface area (Å²) >= 11 is 6.23. The van der Waals surface area contributed by atoms with Gasteiger partial charge in [0.1, 0.15) is 5.82 Å². The number of carbonyl (C=O) groups excluding carboxylic acids is 1. The highest BCUT2D eigenvalue weighted by Crippen LogP contribution is 2.29. The molecule has 168 valence electrons. The van der Waals surface area contributed by atoms with Crippen LogP contribution in [0.25, 0.3) is 10.9 Å². The summed E-state index contributed by atoms with van der Waals surface area (Å²) in [7, 11) is 1.65. The van der Waals surface area contributed by atoms with Gasteiger partial charge in [0.25, 0.3) is 0 Å². The molecule has 0 saturated carbocycles. The van der Waals surface area contributed by atoms with E-state index in [9.17, 15) is 4.79 Å². The fraction of sp³-hybridized carbons (Fsp3) is 0.130. The summed E-state index contributed by atoms with van der Waals surface area (Å²) in [6.07, 6.45) is 4.77. The van der Waals surface area contributed by atoms with Gasteiger partial charge in [-0.05, 0) is 42.5 Å². The molecule has 0 aliphatic carbocycles. The van der Waals surface area contributed by atoms with Crippen molar-refractivity contribution in [1.82, 2.24) is 19.7 Å². The largest absolute Gasteiger partial charge is 0.383 e. The van der Waals surface area contributed by atoms with Crippen LogP contribution in [-0.4, -0.2) is 39.4 Å². The number of methoxy groups -OCH3 is 1. The summed E-state index contributed by atoms with van der Waals surface area (Å²) < 4.78 is 6.86. The lowest BCUT2D eigenvalue weighted by atomic mass is 10.2. The van der Waals surface area contributed by atoms with E-state index in [1.54, 1.807) is 42.3 Å². The third kappa shape index (κ3) is 5.65. The monoisotopic (exact) mass is 463 g/mol. The van der Waals surface area contributed by atoms with Gasteiger partial charge in [-0.2, -0.15) is 10.1 Å². The molecule has 0 bridgehead atoms. The predicted molar refractivity (Wildman–Crippen MR) is 130 cm³/mol. The number of fused-ring (bicyclic) bond motifs is 1. The van der Waals surface area contributed by atoms with Gasteiger partial charge < -0.3 is 20.7 Å². The molecule has 2 aromatic heterocycles. The summed E-state index contributed by atoms with van der Waals surface area (Å²) in [5.74, 6) is 0.669. The van der Waals surface area contributed by atoms with E-state index < -0.39 is 0 Å². The molecule has 0 aliphatic heterocycles. The van der Waals surface area contributed by atoms with E-state index >= 15 is 0 Å². The lowest BCUT2D eigenvalue weighted by Crippen LogP contribution is -2.07. The Morgan fingerprint density at radius 1 is 1.15 bits per heavy atom. The minimum Gasteiger partial charge on any atom is -0.383 e. The summed E-state index contributed by atoms with van der Waals surface area (Å²) in [5, 5.41) is 14.9. The zero-order valence-electron chi connectivity index (χ0n) is 17.9. The van der Waals surface area contributed by atoms with Crippen LogP contribution >= 0.6 is 11.6 Å². The first-order chi connectivity index (χ1) is 16.0. The predicted octanol–water partition coefficient (Wildman–Crippen LogP) is 4.74. The van der Waals surface area contributed by atoms with Crippen molar-refractivity contribution < 1.29 is 9.53 Å². The van der Waals surface area contributed by atoms with Crippen LogP contribution in [0.1, 0.15) is 0 Å². The first-order valence-electron chi connectivity index (χ1n) is 10.1. The zero-order valence-corrected chi connectivity index (χ0v) is 18.6. The number of ether oxygens (including phenoxy) is 1. The van der Waals surface area contributed by atoms with E-state index in [0.717, 1.165) is 16.8 Å². The molecular formula is C23H22ClN7O2. The number of carbonyl (C=O) groups is 1. The molecule has 0 spiro atoms. The Labute approximate surface area is 195 Å². The topological polar surface area (TPSA) is 106 Å². The van der Waals surface area contributed by atoms with Crippen molar-refractivity contribution in [3.63, 3.8) is 0 Å². The summed E-state index contributed by atoms with van der Waals surface area (Å²) in [5.41, 5.74) is 2.82. The molecule has 9 nitrogen and oxygen atoms in total. The van der Waals surface area contributed by atoms with E-state index in [4.69, 9.17) is 16.3 Å². The second-order valence-electron chi connectivity index (χ2n) is 7.07. The van der Waals surface area contributed by atoms with Gasteiger partial charge in [-0.15, -0.1) is 0 Å². The number of hydrogen-bond donors (Lipinski definition) is 3. The molecule has 0 atom stereocenters. The number of benzene rings is 2. The summed E-state index contributed by atoms with van der Waals surface area (Å²) in [6, 6.07) is 12.7. The zero-order chi connectivity index (χ0) is 23.2. The summed E-state index contributed by atoms with van der Waals surface area (Å²) in [6.45, 7) is 4.68. The van der Waals surface area contributed by atoms with E-state index in [0.29, 0.717) is 41.1 Å². The third-order valence-electron chi connectivity index (χ3n) is 4.65. The van der Waals surface area contributed by atoms with Crippen molar-refractivity contribution in [1.29, 1.82) is 0 Å². The molecule has 4 aromatic rings. The molecular weight excluding hydrogens is 442 g/mol. The molecule has 0 aliphatic rings. The molecule has 3 N–H and O–H groups in total. The maximum absolute atomic E-state index is 11.6. The molecule has 10 heteroatoms. The van der Waals surface area contributed by atoms with Crippen molar-refractivity contribution in [3.05, 3.63) is 72.5 Å². The first kappa shape index (κ1) is 22.3. The van der Waals surface area contributed by atoms with Gasteiger partial charge in [0.05, 0.1) is 30.6 Å². The van der Waals surface area contributed by atoms with Crippen LogP contribution < -0.4 is 16.0 Å². The Hall–Kier alpha value is -3.95. The van der Waals surface area contributed by atoms with E-state index in [2.05, 4.69) is 37.6 Å². The average Bonchev–Trinajstić information content (AvgIpc) is 3.25. The molecule has 2 heterocycles. The lowest BCUT2D eigenvalue weighted by molar-refractivity contribution is -0.111. The van der Waals surface area contributed by atoms with Crippen molar-refractivity contribution in [2.24, 2.45) is 0 Å². The Morgan fingerprint density at radius 3 is 2.82 bits per heavy atom. The van der Waals surface area contributed by atoms with Gasteiger partial charge in [-0.25, -0.2) is 4.98 Å². The number of nitrogens with one attached hydrogen (secondary N) is 3. The second-order valence-corrected chi connectivity index (χ2v) is 7.50. The Bertz CT molecular complexity index is 1310. The van der Waals surface area contributed by atoms with Gasteiger partial charge >= 0.3 is 0 Å². The van der Waals surface area contributed by atoms with E-state index in [-0.39, 0.29) is 5.91 Å². The molecule has 0 saturated heterocycles. The fourth-order valence-corrected chi connectivity index (χ4v) is 3.29. The maximum Gasteiger partial charge on any atom is 0.247 e. The highest BCUT2D eigenvalue weighted by atomic mass is 35.5. The van der Waals surface area contributed by atoms with Gasteiger partial charge in [-0.3, -0.25) is 9.48 Å². The number of aromatic nitrogens is 4. The van der Waals surface area contributed by atoms with Gasteiger partial charge in [0, 0.05) is 35.1 Å². The number of amides is 1. The quantitative estimate of drug-likeness (QED) is 0.308. The molecule has 1 amide bonds. The minimum atomic E-state index is -0.288. The standard InChI is InChI=1S/C23H22ClN7O2/c1-3-21(32)26-16-5-4-6-17(12-16)27-22-19-11-15(24)7-8-20(19)29-23(30-22)28-18-13-25-31(14-18)9-10-33-2/h3-8,11-14H,1,9-10H2,2H3,(H,26,32)(H2,27,28,29,30). The smallest absolute Gasteiger partial charge is 0.247 e. The molecule has 4 rings (SSSR count). The Morgan fingerprint density at radius 2 is 2.00 bits per heavy atom. The minimum absolute atomic E-state index is 0.288. The number of rotatable bonds is 9. The molecule has 0 unspecified atom stereocenters. The summed E-state index contributed by atoms with van der Waals surface area (Å²) in [4.78, 5) is 20.9. The lowest BCUT2D eigenvalue weighted by Gasteiger charge is -2.13. The Balaban J connectivity index is 1.65. The highest BCUT2D eigenvalue weighted by Gasteiger charge is 2.11. The average molecular weight is 464 g/mol. The van der Waals surface area contributed by atoms with Crippen LogP contribution in [0, 0.1) is 0 Å². The molecule has 2 aromatic carbocycles. The van der Waals surface area contributed by atoms with Crippen LogP contribution in [-0.2, 0) is 16.1 Å². The van der Waals surface area contributed by atoms with Gasteiger partial charge in [0.2, 0.25) is 11.9 Å². The molecule has 33 heavy (non-hydrogen) atoms. The maximum atomic E-state index is 11.6. The number of halogens is 1. The van der Waals surface area contributed by atoms with Crippen LogP contribution in [0.2, 0.25) is 5.02 Å². The first-order valence-corrected chi connectivity index (χ1v) is 10.5. The fourth-order valence-electron chi connectivity index (χ4n) is 3.12. The van der Waals surface area contributed by atoms with E-state index in [1.165, 1.54) is 6.08 Å². The van der Waals surface area contributed by atoms with Crippen LogP contribution in [0.15, 0.2) is 67.5 Å². The van der Waals surface area contributed by atoms with Crippen molar-refractivity contribution in [2.45, 2.75) is 6.54 Å². The number of nitrogens with zero attached hydrogens (tertiary/aromatic N) is 4. The highest BCUT2D eigenvalue weighted by molar-refractivity contribution is 6.31. The molecule has 0 radical (unpaired) electrons. The van der Waals surface area contributed by atoms with Crippen molar-refractivity contribution in [3.8, 4) is 0 Å². The number of anilines is 5. The van der Waals surface area contributed by atoms with Crippen LogP contribution in [0.3, 0.4) is 0 Å². The van der Waals surface area contributed by atoms with Crippen molar-refractivity contribution in [2.75, 3.05) is 29.7 Å².